The highest BCUT2D eigenvalue weighted by Crippen LogP contribution is 2.25. The summed E-state index contributed by atoms with van der Waals surface area (Å²) < 4.78 is 0. The van der Waals surface area contributed by atoms with Crippen LogP contribution in [0.3, 0.4) is 0 Å². The first-order chi connectivity index (χ1) is 5.25. The smallest absolute Gasteiger partial charge is 0.0626 e. The van der Waals surface area contributed by atoms with Crippen molar-refractivity contribution in [1.82, 2.24) is 4.90 Å². The van der Waals surface area contributed by atoms with Gasteiger partial charge in [0, 0.05) is 6.54 Å². The summed E-state index contributed by atoms with van der Waals surface area (Å²) in [6.07, 6.45) is -0.222. The second-order valence-electron chi connectivity index (χ2n) is 5.05. The van der Waals surface area contributed by atoms with Crippen molar-refractivity contribution in [3.05, 3.63) is 0 Å². The van der Waals surface area contributed by atoms with Gasteiger partial charge in [-0.05, 0) is 25.4 Å². The van der Waals surface area contributed by atoms with Crippen molar-refractivity contribution in [3.63, 3.8) is 0 Å². The molecule has 0 radical (unpaired) electrons. The summed E-state index contributed by atoms with van der Waals surface area (Å²) in [6, 6.07) is 0. The van der Waals surface area contributed by atoms with E-state index < -0.39 is 0 Å². The fraction of sp³-hybridized carbons (Fsp3) is 1.00. The first kappa shape index (κ1) is 11.9. The molecule has 0 saturated carbocycles. The van der Waals surface area contributed by atoms with Crippen LogP contribution in [-0.4, -0.2) is 36.8 Å². The summed E-state index contributed by atoms with van der Waals surface area (Å²) in [7, 11) is 4.07. The standard InChI is InChI=1S/C10H23NO/c1-8(7-11(5)6)9(12)10(2,3)4/h8-9,12H,7H2,1-6H3/t8-,9+/m1/s1. The molecule has 0 unspecified atom stereocenters. The number of aliphatic hydroxyl groups excluding tert-OH is 1. The lowest BCUT2D eigenvalue weighted by Crippen LogP contribution is -2.37. The molecule has 2 nitrogen and oxygen atoms in total. The van der Waals surface area contributed by atoms with E-state index in [0.717, 1.165) is 6.54 Å². The molecule has 0 aromatic rings. The van der Waals surface area contributed by atoms with Gasteiger partial charge in [-0.25, -0.2) is 0 Å². The Kier molecular flexibility index (Phi) is 4.21. The fourth-order valence-electron chi connectivity index (χ4n) is 1.53. The Morgan fingerprint density at radius 1 is 1.25 bits per heavy atom. The summed E-state index contributed by atoms with van der Waals surface area (Å²) in [5.41, 5.74) is -0.00454. The van der Waals surface area contributed by atoms with E-state index in [4.69, 9.17) is 0 Å². The van der Waals surface area contributed by atoms with Crippen LogP contribution in [0, 0.1) is 11.3 Å². The molecule has 0 bridgehead atoms. The Bertz CT molecular complexity index is 126. The molecule has 12 heavy (non-hydrogen) atoms. The number of hydrogen-bond donors (Lipinski definition) is 1. The van der Waals surface area contributed by atoms with E-state index in [2.05, 4.69) is 32.6 Å². The monoisotopic (exact) mass is 173 g/mol. The van der Waals surface area contributed by atoms with Gasteiger partial charge >= 0.3 is 0 Å². The lowest BCUT2D eigenvalue weighted by molar-refractivity contribution is 0.00979. The summed E-state index contributed by atoms with van der Waals surface area (Å²) in [4.78, 5) is 2.11. The van der Waals surface area contributed by atoms with Crippen molar-refractivity contribution in [2.24, 2.45) is 11.3 Å². The molecule has 0 aliphatic carbocycles. The van der Waals surface area contributed by atoms with Crippen LogP contribution in [0.25, 0.3) is 0 Å². The van der Waals surface area contributed by atoms with Crippen molar-refractivity contribution in [1.29, 1.82) is 0 Å². The van der Waals surface area contributed by atoms with E-state index >= 15 is 0 Å². The maximum Gasteiger partial charge on any atom is 0.0626 e. The van der Waals surface area contributed by atoms with Crippen LogP contribution in [-0.2, 0) is 0 Å². The first-order valence-corrected chi connectivity index (χ1v) is 4.58. The van der Waals surface area contributed by atoms with E-state index in [1.54, 1.807) is 0 Å². The molecule has 0 heterocycles. The molecule has 0 amide bonds. The van der Waals surface area contributed by atoms with Gasteiger partial charge in [0.25, 0.3) is 0 Å². The van der Waals surface area contributed by atoms with E-state index in [-0.39, 0.29) is 11.5 Å². The molecule has 0 spiro atoms. The topological polar surface area (TPSA) is 23.5 Å². The number of aliphatic hydroxyl groups is 1. The molecular weight excluding hydrogens is 150 g/mol. The third-order valence-electron chi connectivity index (χ3n) is 2.08. The SMILES string of the molecule is C[C@H](CN(C)C)[C@H](O)C(C)(C)C. The fourth-order valence-corrected chi connectivity index (χ4v) is 1.53. The zero-order valence-electron chi connectivity index (χ0n) is 9.26. The van der Waals surface area contributed by atoms with E-state index in [1.165, 1.54) is 0 Å². The van der Waals surface area contributed by atoms with Gasteiger partial charge in [0.05, 0.1) is 6.10 Å². The minimum absolute atomic E-state index is 0.00454. The summed E-state index contributed by atoms with van der Waals surface area (Å²) in [5, 5.41) is 9.88. The average molecular weight is 173 g/mol. The normalized spacial score (nSPS) is 18.0. The highest BCUT2D eigenvalue weighted by atomic mass is 16.3. The molecular formula is C10H23NO. The van der Waals surface area contributed by atoms with Crippen LogP contribution >= 0.6 is 0 Å². The largest absolute Gasteiger partial charge is 0.392 e. The van der Waals surface area contributed by atoms with Crippen LogP contribution in [0.2, 0.25) is 0 Å². The maximum atomic E-state index is 9.88. The van der Waals surface area contributed by atoms with Crippen LogP contribution in [0.5, 0.6) is 0 Å². The van der Waals surface area contributed by atoms with Crippen molar-refractivity contribution in [2.75, 3.05) is 20.6 Å². The van der Waals surface area contributed by atoms with Gasteiger partial charge in [0.15, 0.2) is 0 Å². The number of hydrogen-bond acceptors (Lipinski definition) is 2. The van der Waals surface area contributed by atoms with Crippen molar-refractivity contribution in [2.45, 2.75) is 33.8 Å². The highest BCUT2D eigenvalue weighted by Gasteiger charge is 2.27. The second-order valence-corrected chi connectivity index (χ2v) is 5.05. The van der Waals surface area contributed by atoms with Gasteiger partial charge in [0.1, 0.15) is 0 Å². The van der Waals surface area contributed by atoms with Crippen LogP contribution in [0.1, 0.15) is 27.7 Å². The Morgan fingerprint density at radius 3 is 1.92 bits per heavy atom. The Hall–Kier alpha value is -0.0800. The Labute approximate surface area is 76.6 Å². The third kappa shape index (κ3) is 4.07. The van der Waals surface area contributed by atoms with E-state index in [1.807, 2.05) is 14.1 Å². The van der Waals surface area contributed by atoms with Crippen LogP contribution in [0.15, 0.2) is 0 Å². The maximum absolute atomic E-state index is 9.88. The molecule has 0 aromatic heterocycles. The minimum atomic E-state index is -0.222. The predicted octanol–water partition coefficient (Wildman–Crippen LogP) is 1.59. The molecule has 2 heteroatoms. The molecule has 0 aliphatic heterocycles. The van der Waals surface area contributed by atoms with Gasteiger partial charge in [0.2, 0.25) is 0 Å². The van der Waals surface area contributed by atoms with Gasteiger partial charge in [-0.1, -0.05) is 27.7 Å². The first-order valence-electron chi connectivity index (χ1n) is 4.58. The van der Waals surface area contributed by atoms with Crippen LogP contribution < -0.4 is 0 Å². The van der Waals surface area contributed by atoms with E-state index in [0.29, 0.717) is 5.92 Å². The van der Waals surface area contributed by atoms with Gasteiger partial charge in [-0.15, -0.1) is 0 Å². The van der Waals surface area contributed by atoms with Crippen molar-refractivity contribution >= 4 is 0 Å². The van der Waals surface area contributed by atoms with Crippen LogP contribution in [0.4, 0.5) is 0 Å². The van der Waals surface area contributed by atoms with Gasteiger partial charge in [-0.2, -0.15) is 0 Å². The van der Waals surface area contributed by atoms with Crippen molar-refractivity contribution < 1.29 is 5.11 Å². The molecule has 0 rings (SSSR count). The van der Waals surface area contributed by atoms with Gasteiger partial charge in [-0.3, -0.25) is 0 Å². The van der Waals surface area contributed by atoms with Crippen molar-refractivity contribution in [3.8, 4) is 0 Å². The number of rotatable bonds is 3. The molecule has 0 saturated heterocycles. The zero-order chi connectivity index (χ0) is 9.94. The Morgan fingerprint density at radius 2 is 1.67 bits per heavy atom. The molecule has 0 aliphatic rings. The lowest BCUT2D eigenvalue weighted by atomic mass is 9.82. The molecule has 2 atom stereocenters. The molecule has 0 fully saturated rings. The van der Waals surface area contributed by atoms with E-state index in [9.17, 15) is 5.11 Å². The summed E-state index contributed by atoms with van der Waals surface area (Å²) in [5.74, 6) is 0.333. The predicted molar refractivity (Wildman–Crippen MR) is 53.2 cm³/mol. The average Bonchev–Trinajstić information content (AvgIpc) is 1.82. The molecule has 1 N–H and O–H groups in total. The second kappa shape index (κ2) is 4.24. The minimum Gasteiger partial charge on any atom is -0.392 e. The third-order valence-corrected chi connectivity index (χ3v) is 2.08. The Balaban J connectivity index is 4.01. The summed E-state index contributed by atoms with van der Waals surface area (Å²) >= 11 is 0. The highest BCUT2D eigenvalue weighted by molar-refractivity contribution is 4.78. The lowest BCUT2D eigenvalue weighted by Gasteiger charge is -2.32. The van der Waals surface area contributed by atoms with Gasteiger partial charge < -0.3 is 10.0 Å². The molecule has 74 valence electrons. The summed E-state index contributed by atoms with van der Waals surface area (Å²) in [6.45, 7) is 9.26. The number of nitrogens with zero attached hydrogens (tertiary/aromatic N) is 1. The molecule has 0 aromatic carbocycles. The zero-order valence-corrected chi connectivity index (χ0v) is 9.26. The quantitative estimate of drug-likeness (QED) is 0.700.